The van der Waals surface area contributed by atoms with Crippen LogP contribution in [0.25, 0.3) is 0 Å². The molecule has 0 amide bonds. The zero-order chi connectivity index (χ0) is 11.4. The number of sulfonamides is 1. The van der Waals surface area contributed by atoms with Crippen LogP contribution in [-0.2, 0) is 10.0 Å². The molecule has 1 aromatic carbocycles. The molecule has 14 heavy (non-hydrogen) atoms. The van der Waals surface area contributed by atoms with Gasteiger partial charge < -0.3 is 0 Å². The number of primary sulfonamides is 1. The molecule has 0 saturated heterocycles. The van der Waals surface area contributed by atoms with Gasteiger partial charge >= 0.3 is 0 Å². The number of aryl methyl sites for hydroxylation is 2. The summed E-state index contributed by atoms with van der Waals surface area (Å²) in [7, 11) is -3.54. The Morgan fingerprint density at radius 3 is 1.93 bits per heavy atom. The van der Waals surface area contributed by atoms with Gasteiger partial charge in [0.1, 0.15) is 0 Å². The van der Waals surface area contributed by atoms with E-state index < -0.39 is 10.0 Å². The second-order valence-corrected chi connectivity index (χ2v) is 4.35. The van der Waals surface area contributed by atoms with Gasteiger partial charge in [-0.3, -0.25) is 0 Å². The summed E-state index contributed by atoms with van der Waals surface area (Å²) in [6.07, 6.45) is 0. The third kappa shape index (κ3) is 3.47. The molecule has 0 saturated carbocycles. The van der Waals surface area contributed by atoms with Gasteiger partial charge in [-0.1, -0.05) is 19.9 Å². The first kappa shape index (κ1) is 13.1. The third-order valence-electron chi connectivity index (χ3n) is 1.81. The maximum atomic E-state index is 10.9. The largest absolute Gasteiger partial charge is 0.238 e. The van der Waals surface area contributed by atoms with Crippen LogP contribution in [0.1, 0.15) is 25.0 Å². The summed E-state index contributed by atoms with van der Waals surface area (Å²) < 4.78 is 21.7. The fraction of sp³-hybridized carbons (Fsp3) is 0.400. The van der Waals surface area contributed by atoms with E-state index in [0.717, 1.165) is 11.1 Å². The molecule has 1 rings (SSSR count). The summed E-state index contributed by atoms with van der Waals surface area (Å²) in [6, 6.07) is 4.83. The minimum atomic E-state index is -3.54. The Balaban J connectivity index is 0.000000791. The van der Waals surface area contributed by atoms with Crippen LogP contribution in [0.5, 0.6) is 0 Å². The van der Waals surface area contributed by atoms with E-state index in [-0.39, 0.29) is 4.90 Å². The molecule has 80 valence electrons. The minimum absolute atomic E-state index is 0.172. The van der Waals surface area contributed by atoms with Crippen molar-refractivity contribution in [2.75, 3.05) is 0 Å². The zero-order valence-corrected chi connectivity index (χ0v) is 9.85. The van der Waals surface area contributed by atoms with Crippen LogP contribution in [0.4, 0.5) is 0 Å². The minimum Gasteiger partial charge on any atom is -0.225 e. The number of benzene rings is 1. The maximum absolute atomic E-state index is 10.9. The predicted octanol–water partition coefficient (Wildman–Crippen LogP) is 1.98. The van der Waals surface area contributed by atoms with Gasteiger partial charge in [-0.2, -0.15) is 0 Å². The van der Waals surface area contributed by atoms with Gasteiger partial charge in [-0.25, -0.2) is 13.6 Å². The number of hydrogen-bond donors (Lipinski definition) is 1. The molecule has 0 unspecified atom stereocenters. The molecule has 0 heterocycles. The van der Waals surface area contributed by atoms with Gasteiger partial charge in [0.05, 0.1) is 4.90 Å². The van der Waals surface area contributed by atoms with Gasteiger partial charge in [0.25, 0.3) is 0 Å². The smallest absolute Gasteiger partial charge is 0.225 e. The highest BCUT2D eigenvalue weighted by atomic mass is 32.2. The van der Waals surface area contributed by atoms with Crippen molar-refractivity contribution < 1.29 is 8.42 Å². The van der Waals surface area contributed by atoms with Crippen molar-refractivity contribution in [3.63, 3.8) is 0 Å². The Kier molecular flexibility index (Phi) is 4.80. The summed E-state index contributed by atoms with van der Waals surface area (Å²) in [5.74, 6) is 0. The number of rotatable bonds is 1. The average Bonchev–Trinajstić information content (AvgIpc) is 2.11. The predicted molar refractivity (Wildman–Crippen MR) is 58.6 cm³/mol. The fourth-order valence-corrected chi connectivity index (χ4v) is 1.49. The van der Waals surface area contributed by atoms with E-state index in [4.69, 9.17) is 5.14 Å². The lowest BCUT2D eigenvalue weighted by Gasteiger charge is -2.01. The molecule has 1 aromatic rings. The van der Waals surface area contributed by atoms with E-state index in [1.54, 1.807) is 12.1 Å². The highest BCUT2D eigenvalue weighted by Crippen LogP contribution is 2.12. The van der Waals surface area contributed by atoms with E-state index >= 15 is 0 Å². The van der Waals surface area contributed by atoms with E-state index in [2.05, 4.69) is 0 Å². The van der Waals surface area contributed by atoms with Crippen LogP contribution >= 0.6 is 0 Å². The van der Waals surface area contributed by atoms with E-state index in [9.17, 15) is 8.42 Å². The highest BCUT2D eigenvalue weighted by Gasteiger charge is 2.07. The molecule has 0 atom stereocenters. The first-order valence-electron chi connectivity index (χ1n) is 4.51. The molecule has 2 N–H and O–H groups in total. The lowest BCUT2D eigenvalue weighted by molar-refractivity contribution is 0.597. The van der Waals surface area contributed by atoms with Crippen LogP contribution in [0, 0.1) is 13.8 Å². The van der Waals surface area contributed by atoms with Crippen molar-refractivity contribution in [2.24, 2.45) is 5.14 Å². The standard InChI is InChI=1S/C8H11NO2S.C2H6/c1-6-3-4-8(5-7(6)2)12(9,10)11;1-2/h3-5H,1-2H3,(H2,9,10,11);1-2H3. The normalized spacial score (nSPS) is 10.4. The molecule has 0 aliphatic carbocycles. The number of hydrogen-bond acceptors (Lipinski definition) is 2. The van der Waals surface area contributed by atoms with Crippen molar-refractivity contribution in [3.05, 3.63) is 29.3 Å². The molecule has 0 bridgehead atoms. The highest BCUT2D eigenvalue weighted by molar-refractivity contribution is 7.89. The summed E-state index contributed by atoms with van der Waals surface area (Å²) in [5, 5.41) is 4.95. The van der Waals surface area contributed by atoms with E-state index in [1.165, 1.54) is 6.07 Å². The molecule has 3 nitrogen and oxygen atoms in total. The second kappa shape index (κ2) is 5.12. The first-order chi connectivity index (χ1) is 6.41. The Morgan fingerprint density at radius 2 is 1.57 bits per heavy atom. The lowest BCUT2D eigenvalue weighted by atomic mass is 10.1. The van der Waals surface area contributed by atoms with Crippen molar-refractivity contribution in [2.45, 2.75) is 32.6 Å². The molecular formula is C10H17NO2S. The molecule has 0 spiro atoms. The molecule has 0 radical (unpaired) electrons. The Hall–Kier alpha value is -0.870. The van der Waals surface area contributed by atoms with Crippen molar-refractivity contribution >= 4 is 10.0 Å². The summed E-state index contributed by atoms with van der Waals surface area (Å²) in [4.78, 5) is 0.172. The van der Waals surface area contributed by atoms with Crippen LogP contribution in [0.3, 0.4) is 0 Å². The lowest BCUT2D eigenvalue weighted by Crippen LogP contribution is -2.12. The monoisotopic (exact) mass is 215 g/mol. The van der Waals surface area contributed by atoms with E-state index in [1.807, 2.05) is 27.7 Å². The molecular weight excluding hydrogens is 198 g/mol. The molecule has 0 fully saturated rings. The topological polar surface area (TPSA) is 60.2 Å². The van der Waals surface area contributed by atoms with Crippen LogP contribution in [-0.4, -0.2) is 8.42 Å². The van der Waals surface area contributed by atoms with Crippen LogP contribution in [0.2, 0.25) is 0 Å². The molecule has 0 aliphatic heterocycles. The van der Waals surface area contributed by atoms with Gasteiger partial charge in [-0.15, -0.1) is 0 Å². The average molecular weight is 215 g/mol. The van der Waals surface area contributed by atoms with Gasteiger partial charge in [-0.05, 0) is 37.1 Å². The Bertz CT molecular complexity index is 397. The Morgan fingerprint density at radius 1 is 1.07 bits per heavy atom. The first-order valence-corrected chi connectivity index (χ1v) is 6.06. The quantitative estimate of drug-likeness (QED) is 0.778. The molecule has 0 aliphatic rings. The number of nitrogens with two attached hydrogens (primary N) is 1. The Labute approximate surface area is 86.0 Å². The van der Waals surface area contributed by atoms with E-state index in [0.29, 0.717) is 0 Å². The second-order valence-electron chi connectivity index (χ2n) is 2.79. The van der Waals surface area contributed by atoms with Crippen LogP contribution < -0.4 is 5.14 Å². The molecule has 0 aromatic heterocycles. The SMILES string of the molecule is CC.Cc1ccc(S(N)(=O)=O)cc1C. The van der Waals surface area contributed by atoms with Crippen LogP contribution in [0.15, 0.2) is 23.1 Å². The zero-order valence-electron chi connectivity index (χ0n) is 9.03. The van der Waals surface area contributed by atoms with Crippen molar-refractivity contribution in [1.82, 2.24) is 0 Å². The summed E-state index contributed by atoms with van der Waals surface area (Å²) >= 11 is 0. The fourth-order valence-electron chi connectivity index (χ4n) is 0.891. The molecule has 4 heteroatoms. The summed E-state index contributed by atoms with van der Waals surface area (Å²) in [5.41, 5.74) is 1.99. The third-order valence-corrected chi connectivity index (χ3v) is 2.72. The van der Waals surface area contributed by atoms with Gasteiger partial charge in [0, 0.05) is 0 Å². The summed E-state index contributed by atoms with van der Waals surface area (Å²) in [6.45, 7) is 7.77. The van der Waals surface area contributed by atoms with Gasteiger partial charge in [0.2, 0.25) is 10.0 Å². The van der Waals surface area contributed by atoms with Gasteiger partial charge in [0.15, 0.2) is 0 Å². The maximum Gasteiger partial charge on any atom is 0.238 e. The van der Waals surface area contributed by atoms with Crippen molar-refractivity contribution in [3.8, 4) is 0 Å². The van der Waals surface area contributed by atoms with Crippen molar-refractivity contribution in [1.29, 1.82) is 0 Å².